The molecule has 0 aliphatic heterocycles. The maximum Gasteiger partial charge on any atom is 0.224 e. The van der Waals surface area contributed by atoms with E-state index in [9.17, 15) is 4.79 Å². The lowest BCUT2D eigenvalue weighted by Crippen LogP contribution is -2.14. The third-order valence-electron chi connectivity index (χ3n) is 2.60. The molecule has 19 heavy (non-hydrogen) atoms. The van der Waals surface area contributed by atoms with Gasteiger partial charge in [-0.3, -0.25) is 4.79 Å². The van der Waals surface area contributed by atoms with Crippen LogP contribution in [0.1, 0.15) is 32.8 Å². The number of benzene rings is 1. The Bertz CT molecular complexity index is 419. The number of rotatable bonds is 7. The van der Waals surface area contributed by atoms with Crippen molar-refractivity contribution in [3.8, 4) is 5.75 Å². The molecule has 0 aliphatic rings. The number of carbonyl (C=O) groups is 1. The van der Waals surface area contributed by atoms with Crippen molar-refractivity contribution >= 4 is 27.5 Å². The predicted octanol–water partition coefficient (Wildman–Crippen LogP) is 4.01. The summed E-state index contributed by atoms with van der Waals surface area (Å²) in [5.74, 6) is 1.13. The number of aryl methyl sites for hydroxylation is 1. The Morgan fingerprint density at radius 1 is 1.42 bits per heavy atom. The van der Waals surface area contributed by atoms with Gasteiger partial charge in [0.2, 0.25) is 5.91 Å². The second-order valence-corrected chi connectivity index (χ2v) is 5.64. The number of halogens is 1. The lowest BCUT2D eigenvalue weighted by atomic mass is 10.1. The average Bonchev–Trinajstić information content (AvgIpc) is 2.32. The summed E-state index contributed by atoms with van der Waals surface area (Å²) in [6, 6.07) is 5.94. The molecule has 0 aliphatic carbocycles. The molecule has 0 spiro atoms. The van der Waals surface area contributed by atoms with Crippen LogP contribution in [0.4, 0.5) is 5.69 Å². The van der Waals surface area contributed by atoms with Gasteiger partial charge in [-0.15, -0.1) is 0 Å². The molecule has 0 heterocycles. The Kier molecular flexibility index (Phi) is 6.92. The molecule has 0 bridgehead atoms. The zero-order valence-electron chi connectivity index (χ0n) is 11.8. The first-order valence-corrected chi connectivity index (χ1v) is 7.80. The Labute approximate surface area is 123 Å². The van der Waals surface area contributed by atoms with Gasteiger partial charge in [0.05, 0.1) is 12.3 Å². The number of alkyl halides is 1. The molecule has 1 aromatic rings. The smallest absolute Gasteiger partial charge is 0.224 e. The van der Waals surface area contributed by atoms with Crippen molar-refractivity contribution in [2.24, 2.45) is 5.92 Å². The standard InChI is InChI=1S/C15H22BrNO2/c1-4-19-14-10-12(7-8-16)5-6-13(14)17-15(18)9-11(2)3/h5-6,10-11H,4,7-9H2,1-3H3,(H,17,18). The van der Waals surface area contributed by atoms with E-state index in [1.165, 1.54) is 5.56 Å². The number of hydrogen-bond acceptors (Lipinski definition) is 2. The first-order chi connectivity index (χ1) is 9.06. The van der Waals surface area contributed by atoms with Crippen LogP contribution in [0.25, 0.3) is 0 Å². The van der Waals surface area contributed by atoms with Gasteiger partial charge in [0.15, 0.2) is 0 Å². The first-order valence-electron chi connectivity index (χ1n) is 6.68. The summed E-state index contributed by atoms with van der Waals surface area (Å²) in [4.78, 5) is 11.8. The van der Waals surface area contributed by atoms with Crippen molar-refractivity contribution in [3.63, 3.8) is 0 Å². The highest BCUT2D eigenvalue weighted by Crippen LogP contribution is 2.27. The van der Waals surface area contributed by atoms with Crippen molar-refractivity contribution in [1.82, 2.24) is 0 Å². The van der Waals surface area contributed by atoms with E-state index in [1.54, 1.807) is 0 Å². The largest absolute Gasteiger partial charge is 0.492 e. The van der Waals surface area contributed by atoms with E-state index in [2.05, 4.69) is 21.2 Å². The van der Waals surface area contributed by atoms with Crippen LogP contribution in [0.5, 0.6) is 5.75 Å². The quantitative estimate of drug-likeness (QED) is 0.768. The summed E-state index contributed by atoms with van der Waals surface area (Å²) in [6.07, 6.45) is 1.47. The van der Waals surface area contributed by atoms with Gasteiger partial charge in [0, 0.05) is 11.8 Å². The van der Waals surface area contributed by atoms with Gasteiger partial charge in [-0.2, -0.15) is 0 Å². The Morgan fingerprint density at radius 3 is 2.74 bits per heavy atom. The van der Waals surface area contributed by atoms with E-state index in [-0.39, 0.29) is 5.91 Å². The summed E-state index contributed by atoms with van der Waals surface area (Å²) < 4.78 is 5.60. The van der Waals surface area contributed by atoms with Gasteiger partial charge < -0.3 is 10.1 Å². The van der Waals surface area contributed by atoms with Gasteiger partial charge in [-0.25, -0.2) is 0 Å². The SMILES string of the molecule is CCOc1cc(CCBr)ccc1NC(=O)CC(C)C. The maximum atomic E-state index is 11.8. The molecule has 1 N–H and O–H groups in total. The van der Waals surface area contributed by atoms with Crippen molar-refractivity contribution in [2.75, 3.05) is 17.3 Å². The molecule has 1 aromatic carbocycles. The molecule has 0 aromatic heterocycles. The van der Waals surface area contributed by atoms with Crippen molar-refractivity contribution in [2.45, 2.75) is 33.6 Å². The molecule has 0 saturated carbocycles. The number of nitrogens with one attached hydrogen (secondary N) is 1. The Hall–Kier alpha value is -1.03. The molecule has 4 heteroatoms. The van der Waals surface area contributed by atoms with Crippen LogP contribution in [0.3, 0.4) is 0 Å². The Morgan fingerprint density at radius 2 is 2.16 bits per heavy atom. The van der Waals surface area contributed by atoms with Crippen molar-refractivity contribution in [1.29, 1.82) is 0 Å². The molecule has 1 amide bonds. The van der Waals surface area contributed by atoms with E-state index in [4.69, 9.17) is 4.74 Å². The van der Waals surface area contributed by atoms with Crippen LogP contribution < -0.4 is 10.1 Å². The number of anilines is 1. The van der Waals surface area contributed by atoms with Crippen molar-refractivity contribution < 1.29 is 9.53 Å². The molecule has 106 valence electrons. The molecule has 0 atom stereocenters. The lowest BCUT2D eigenvalue weighted by Gasteiger charge is -2.13. The second kappa shape index (κ2) is 8.20. The van der Waals surface area contributed by atoms with Crippen LogP contribution in [0, 0.1) is 5.92 Å². The highest BCUT2D eigenvalue weighted by atomic mass is 79.9. The number of hydrogen-bond donors (Lipinski definition) is 1. The molecular weight excluding hydrogens is 306 g/mol. The van der Waals surface area contributed by atoms with E-state index < -0.39 is 0 Å². The number of ether oxygens (including phenoxy) is 1. The third-order valence-corrected chi connectivity index (χ3v) is 2.99. The van der Waals surface area contributed by atoms with Crippen LogP contribution in [0.2, 0.25) is 0 Å². The zero-order valence-corrected chi connectivity index (χ0v) is 13.4. The minimum absolute atomic E-state index is 0.0317. The summed E-state index contributed by atoms with van der Waals surface area (Å²) in [7, 11) is 0. The zero-order chi connectivity index (χ0) is 14.3. The fourth-order valence-corrected chi connectivity index (χ4v) is 2.24. The van der Waals surface area contributed by atoms with Crippen LogP contribution >= 0.6 is 15.9 Å². The fraction of sp³-hybridized carbons (Fsp3) is 0.533. The topological polar surface area (TPSA) is 38.3 Å². The average molecular weight is 328 g/mol. The van der Waals surface area contributed by atoms with E-state index in [0.29, 0.717) is 18.9 Å². The predicted molar refractivity (Wildman–Crippen MR) is 83.2 cm³/mol. The van der Waals surface area contributed by atoms with E-state index in [0.717, 1.165) is 23.2 Å². The normalized spacial score (nSPS) is 10.6. The van der Waals surface area contributed by atoms with Crippen molar-refractivity contribution in [3.05, 3.63) is 23.8 Å². The van der Waals surface area contributed by atoms with E-state index >= 15 is 0 Å². The number of amides is 1. The van der Waals surface area contributed by atoms with Gasteiger partial charge >= 0.3 is 0 Å². The van der Waals surface area contributed by atoms with Crippen LogP contribution in [-0.4, -0.2) is 17.8 Å². The summed E-state index contributed by atoms with van der Waals surface area (Å²) in [5, 5.41) is 3.83. The summed E-state index contributed by atoms with van der Waals surface area (Å²) >= 11 is 3.43. The van der Waals surface area contributed by atoms with Crippen LogP contribution in [-0.2, 0) is 11.2 Å². The minimum Gasteiger partial charge on any atom is -0.492 e. The van der Waals surface area contributed by atoms with Gasteiger partial charge in [-0.05, 0) is 37.0 Å². The van der Waals surface area contributed by atoms with Gasteiger partial charge in [0.25, 0.3) is 0 Å². The van der Waals surface area contributed by atoms with Gasteiger partial charge in [-0.1, -0.05) is 35.8 Å². The second-order valence-electron chi connectivity index (χ2n) is 4.85. The summed E-state index contributed by atoms with van der Waals surface area (Å²) in [5.41, 5.74) is 1.95. The monoisotopic (exact) mass is 327 g/mol. The lowest BCUT2D eigenvalue weighted by molar-refractivity contribution is -0.116. The third kappa shape index (κ3) is 5.64. The minimum atomic E-state index is 0.0317. The number of carbonyl (C=O) groups excluding carboxylic acids is 1. The van der Waals surface area contributed by atoms with Crippen LogP contribution in [0.15, 0.2) is 18.2 Å². The molecule has 0 fully saturated rings. The molecule has 0 saturated heterocycles. The first kappa shape index (κ1) is 16.0. The Balaban J connectivity index is 2.83. The molecule has 0 radical (unpaired) electrons. The molecule has 3 nitrogen and oxygen atoms in total. The molecule has 0 unspecified atom stereocenters. The highest BCUT2D eigenvalue weighted by Gasteiger charge is 2.10. The maximum absolute atomic E-state index is 11.8. The molecule has 1 rings (SSSR count). The molecular formula is C15H22BrNO2. The van der Waals surface area contributed by atoms with E-state index in [1.807, 2.05) is 39.0 Å². The highest BCUT2D eigenvalue weighted by molar-refractivity contribution is 9.09. The van der Waals surface area contributed by atoms with Gasteiger partial charge in [0.1, 0.15) is 5.75 Å². The summed E-state index contributed by atoms with van der Waals surface area (Å²) in [6.45, 7) is 6.59. The fourth-order valence-electron chi connectivity index (χ4n) is 1.78.